The van der Waals surface area contributed by atoms with Crippen LogP contribution < -0.4 is 14.8 Å². The fraction of sp³-hybridized carbons (Fsp3) is 0.357. The molecule has 108 valence electrons. The second-order valence-corrected chi connectivity index (χ2v) is 6.01. The second kappa shape index (κ2) is 7.59. The molecule has 6 heteroatoms. The van der Waals surface area contributed by atoms with E-state index in [2.05, 4.69) is 27.8 Å². The van der Waals surface area contributed by atoms with Crippen molar-refractivity contribution in [1.29, 1.82) is 0 Å². The van der Waals surface area contributed by atoms with Crippen LogP contribution in [0.1, 0.15) is 5.56 Å². The first-order chi connectivity index (χ1) is 9.70. The lowest BCUT2D eigenvalue weighted by molar-refractivity contribution is -0.118. The molecule has 0 bridgehead atoms. The molecule has 0 aromatic heterocycles. The van der Waals surface area contributed by atoms with Crippen LogP contribution in [0.25, 0.3) is 0 Å². The summed E-state index contributed by atoms with van der Waals surface area (Å²) in [4.78, 5) is 11.5. The lowest BCUT2D eigenvalue weighted by atomic mass is 10.2. The van der Waals surface area contributed by atoms with Crippen molar-refractivity contribution in [2.24, 2.45) is 0 Å². The Kier molecular flexibility index (Phi) is 5.79. The van der Waals surface area contributed by atoms with E-state index in [-0.39, 0.29) is 5.91 Å². The number of carbonyl (C=O) groups is 1. The molecule has 0 spiro atoms. The average molecular weight is 358 g/mol. The van der Waals surface area contributed by atoms with Crippen molar-refractivity contribution >= 4 is 33.6 Å². The van der Waals surface area contributed by atoms with Crippen molar-refractivity contribution in [2.45, 2.75) is 5.75 Å². The van der Waals surface area contributed by atoms with Gasteiger partial charge in [-0.2, -0.15) is 0 Å². The van der Waals surface area contributed by atoms with Gasteiger partial charge in [0, 0.05) is 16.8 Å². The Balaban J connectivity index is 1.89. The van der Waals surface area contributed by atoms with E-state index in [1.54, 1.807) is 17.8 Å². The van der Waals surface area contributed by atoms with Crippen molar-refractivity contribution in [3.8, 4) is 11.5 Å². The number of hydrogen-bond acceptors (Lipinski definition) is 4. The number of ether oxygens (including phenoxy) is 2. The number of benzene rings is 1. The van der Waals surface area contributed by atoms with Gasteiger partial charge in [-0.15, -0.1) is 18.3 Å². The first kappa shape index (κ1) is 15.3. The van der Waals surface area contributed by atoms with E-state index < -0.39 is 0 Å². The Bertz CT molecular complexity index is 507. The third kappa shape index (κ3) is 4.18. The summed E-state index contributed by atoms with van der Waals surface area (Å²) in [5, 5.41) is 2.75. The molecule has 1 aliphatic heterocycles. The summed E-state index contributed by atoms with van der Waals surface area (Å²) in [7, 11) is 0. The number of carbonyl (C=O) groups excluding carboxylic acids is 1. The molecule has 0 unspecified atom stereocenters. The SMILES string of the molecule is C=CCNC(=O)CSCc1cc2c(cc1Br)OCCO2. The molecule has 1 N–H and O–H groups in total. The molecular weight excluding hydrogens is 342 g/mol. The minimum Gasteiger partial charge on any atom is -0.486 e. The molecule has 20 heavy (non-hydrogen) atoms. The highest BCUT2D eigenvalue weighted by Gasteiger charge is 2.15. The predicted molar refractivity (Wildman–Crippen MR) is 84.5 cm³/mol. The molecule has 0 saturated heterocycles. The zero-order valence-corrected chi connectivity index (χ0v) is 13.4. The first-order valence-corrected chi connectivity index (χ1v) is 8.19. The van der Waals surface area contributed by atoms with Crippen molar-refractivity contribution in [2.75, 3.05) is 25.5 Å². The zero-order chi connectivity index (χ0) is 14.4. The summed E-state index contributed by atoms with van der Waals surface area (Å²) in [6.45, 7) is 5.22. The number of halogens is 1. The van der Waals surface area contributed by atoms with Crippen LogP contribution in [0.3, 0.4) is 0 Å². The third-order valence-corrected chi connectivity index (χ3v) is 4.37. The molecule has 1 aromatic carbocycles. The Hall–Kier alpha value is -1.14. The highest BCUT2D eigenvalue weighted by atomic mass is 79.9. The normalized spacial score (nSPS) is 12.8. The third-order valence-electron chi connectivity index (χ3n) is 2.65. The van der Waals surface area contributed by atoms with Crippen LogP contribution in [-0.2, 0) is 10.5 Å². The minimum atomic E-state index is 0.0172. The molecule has 1 heterocycles. The first-order valence-electron chi connectivity index (χ1n) is 6.24. The minimum absolute atomic E-state index is 0.0172. The van der Waals surface area contributed by atoms with E-state index in [4.69, 9.17) is 9.47 Å². The van der Waals surface area contributed by atoms with Crippen LogP contribution in [0.4, 0.5) is 0 Å². The lowest BCUT2D eigenvalue weighted by Crippen LogP contribution is -2.25. The van der Waals surface area contributed by atoms with Crippen molar-refractivity contribution < 1.29 is 14.3 Å². The fourth-order valence-corrected chi connectivity index (χ4v) is 3.20. The van der Waals surface area contributed by atoms with Gasteiger partial charge >= 0.3 is 0 Å². The molecule has 1 aromatic rings. The van der Waals surface area contributed by atoms with Gasteiger partial charge in [-0.05, 0) is 17.7 Å². The molecular formula is C14H16BrNO3S. The van der Waals surface area contributed by atoms with Crippen LogP contribution in [0.15, 0.2) is 29.3 Å². The molecule has 0 atom stereocenters. The quantitative estimate of drug-likeness (QED) is 0.795. The van der Waals surface area contributed by atoms with Gasteiger partial charge < -0.3 is 14.8 Å². The number of thioether (sulfide) groups is 1. The van der Waals surface area contributed by atoms with E-state index >= 15 is 0 Å². The van der Waals surface area contributed by atoms with Crippen molar-refractivity contribution in [1.82, 2.24) is 5.32 Å². The second-order valence-electron chi connectivity index (χ2n) is 4.17. The van der Waals surface area contributed by atoms with E-state index in [0.29, 0.717) is 25.5 Å². The molecule has 0 radical (unpaired) electrons. The highest BCUT2D eigenvalue weighted by molar-refractivity contribution is 9.10. The summed E-state index contributed by atoms with van der Waals surface area (Å²) in [6.07, 6.45) is 1.67. The van der Waals surface area contributed by atoms with Crippen molar-refractivity contribution in [3.05, 3.63) is 34.8 Å². The summed E-state index contributed by atoms with van der Waals surface area (Å²) in [5.41, 5.74) is 1.09. The van der Waals surface area contributed by atoms with Gasteiger partial charge in [-0.1, -0.05) is 22.0 Å². The fourth-order valence-electron chi connectivity index (χ4n) is 1.71. The number of fused-ring (bicyclic) bond motifs is 1. The summed E-state index contributed by atoms with van der Waals surface area (Å²) >= 11 is 5.08. The van der Waals surface area contributed by atoms with Gasteiger partial charge in [-0.25, -0.2) is 0 Å². The molecule has 1 aliphatic rings. The van der Waals surface area contributed by atoms with Crippen LogP contribution in [0, 0.1) is 0 Å². The summed E-state index contributed by atoms with van der Waals surface area (Å²) < 4.78 is 12.0. The van der Waals surface area contributed by atoms with Crippen LogP contribution in [0.2, 0.25) is 0 Å². The monoisotopic (exact) mass is 357 g/mol. The lowest BCUT2D eigenvalue weighted by Gasteiger charge is -2.19. The van der Waals surface area contributed by atoms with E-state index in [1.807, 2.05) is 12.1 Å². The maximum atomic E-state index is 11.5. The Labute approximate surface area is 131 Å². The maximum Gasteiger partial charge on any atom is 0.230 e. The topological polar surface area (TPSA) is 47.6 Å². The highest BCUT2D eigenvalue weighted by Crippen LogP contribution is 2.36. The Morgan fingerprint density at radius 2 is 2.10 bits per heavy atom. The molecule has 0 fully saturated rings. The van der Waals surface area contributed by atoms with Gasteiger partial charge in [0.2, 0.25) is 5.91 Å². The van der Waals surface area contributed by atoms with E-state index in [9.17, 15) is 4.79 Å². The molecule has 0 saturated carbocycles. The van der Waals surface area contributed by atoms with Gasteiger partial charge in [0.25, 0.3) is 0 Å². The van der Waals surface area contributed by atoms with E-state index in [0.717, 1.165) is 27.3 Å². The van der Waals surface area contributed by atoms with E-state index in [1.165, 1.54) is 0 Å². The standard InChI is InChI=1S/C14H16BrNO3S/c1-2-3-16-14(17)9-20-8-10-6-12-13(7-11(10)15)19-5-4-18-12/h2,6-7H,1,3-5,8-9H2,(H,16,17). The van der Waals surface area contributed by atoms with Gasteiger partial charge in [0.15, 0.2) is 11.5 Å². The van der Waals surface area contributed by atoms with Gasteiger partial charge in [-0.3, -0.25) is 4.79 Å². The van der Waals surface area contributed by atoms with Crippen molar-refractivity contribution in [3.63, 3.8) is 0 Å². The molecule has 2 rings (SSSR count). The summed E-state index contributed by atoms with van der Waals surface area (Å²) in [6, 6.07) is 3.88. The number of rotatable bonds is 6. The predicted octanol–water partition coefficient (Wildman–Crippen LogP) is 2.76. The van der Waals surface area contributed by atoms with Crippen LogP contribution in [0.5, 0.6) is 11.5 Å². The van der Waals surface area contributed by atoms with Crippen LogP contribution in [-0.4, -0.2) is 31.4 Å². The maximum absolute atomic E-state index is 11.5. The average Bonchev–Trinajstić information content (AvgIpc) is 2.45. The van der Waals surface area contributed by atoms with Crippen LogP contribution >= 0.6 is 27.7 Å². The zero-order valence-electron chi connectivity index (χ0n) is 11.0. The molecule has 0 aliphatic carbocycles. The summed E-state index contributed by atoms with van der Waals surface area (Å²) in [5.74, 6) is 2.71. The smallest absolute Gasteiger partial charge is 0.230 e. The largest absolute Gasteiger partial charge is 0.486 e. The van der Waals surface area contributed by atoms with Gasteiger partial charge in [0.05, 0.1) is 5.75 Å². The Morgan fingerprint density at radius 3 is 2.80 bits per heavy atom. The molecule has 1 amide bonds. The number of amides is 1. The van der Waals surface area contributed by atoms with Gasteiger partial charge in [0.1, 0.15) is 13.2 Å². The Morgan fingerprint density at radius 1 is 1.40 bits per heavy atom. The number of hydrogen-bond donors (Lipinski definition) is 1. The number of nitrogens with one attached hydrogen (secondary N) is 1. The molecule has 4 nitrogen and oxygen atoms in total.